The zero-order valence-corrected chi connectivity index (χ0v) is 15.7. The normalized spacial score (nSPS) is 22.5. The number of aromatic nitrogens is 2. The minimum Gasteiger partial charge on any atom is -0.339 e. The standard InChI is InChI=1S/C19H23F2N5O2/c1-13-2-4-14(5-3-13)17-23-16(28-24-17)11-25-6-8-26(9-7-25)18(27)15-10-19(20,21)12-22-15/h2-5,15,22H,6-12H2,1H3. The molecule has 2 saturated heterocycles. The number of halogens is 2. The quantitative estimate of drug-likeness (QED) is 0.855. The molecule has 150 valence electrons. The second-order valence-electron chi connectivity index (χ2n) is 7.47. The van der Waals surface area contributed by atoms with Gasteiger partial charge in [0.25, 0.3) is 5.92 Å². The highest BCUT2D eigenvalue weighted by Crippen LogP contribution is 2.26. The third-order valence-electron chi connectivity index (χ3n) is 5.23. The lowest BCUT2D eigenvalue weighted by Gasteiger charge is -2.35. The molecule has 7 nitrogen and oxygen atoms in total. The van der Waals surface area contributed by atoms with E-state index in [4.69, 9.17) is 4.52 Å². The first-order valence-electron chi connectivity index (χ1n) is 9.42. The van der Waals surface area contributed by atoms with Crippen LogP contribution in [0.2, 0.25) is 0 Å². The summed E-state index contributed by atoms with van der Waals surface area (Å²) in [5.41, 5.74) is 2.06. The van der Waals surface area contributed by atoms with Crippen molar-refractivity contribution >= 4 is 5.91 Å². The number of rotatable bonds is 4. The van der Waals surface area contributed by atoms with E-state index in [9.17, 15) is 13.6 Å². The van der Waals surface area contributed by atoms with Crippen LogP contribution in [0.25, 0.3) is 11.4 Å². The van der Waals surface area contributed by atoms with Crippen LogP contribution in [-0.2, 0) is 11.3 Å². The molecule has 2 aromatic rings. The van der Waals surface area contributed by atoms with E-state index in [0.717, 1.165) is 11.1 Å². The number of nitrogens with zero attached hydrogens (tertiary/aromatic N) is 4. The van der Waals surface area contributed by atoms with Crippen molar-refractivity contribution in [2.24, 2.45) is 0 Å². The van der Waals surface area contributed by atoms with Gasteiger partial charge < -0.3 is 9.42 Å². The Labute approximate surface area is 161 Å². The molecule has 1 unspecified atom stereocenters. The van der Waals surface area contributed by atoms with Gasteiger partial charge in [0.05, 0.1) is 19.1 Å². The first-order valence-corrected chi connectivity index (χ1v) is 9.42. The summed E-state index contributed by atoms with van der Waals surface area (Å²) in [6, 6.07) is 7.12. The molecule has 2 aliphatic rings. The Bertz CT molecular complexity index is 831. The van der Waals surface area contributed by atoms with Crippen molar-refractivity contribution in [1.82, 2.24) is 25.3 Å². The average Bonchev–Trinajstić information content (AvgIpc) is 3.29. The van der Waals surface area contributed by atoms with Gasteiger partial charge in [0, 0.05) is 38.2 Å². The molecular formula is C19H23F2N5O2. The van der Waals surface area contributed by atoms with Crippen LogP contribution in [0.3, 0.4) is 0 Å². The lowest BCUT2D eigenvalue weighted by atomic mass is 10.1. The lowest BCUT2D eigenvalue weighted by molar-refractivity contribution is -0.135. The van der Waals surface area contributed by atoms with Crippen LogP contribution < -0.4 is 5.32 Å². The Morgan fingerprint density at radius 2 is 1.96 bits per heavy atom. The van der Waals surface area contributed by atoms with Gasteiger partial charge in [-0.25, -0.2) is 8.78 Å². The van der Waals surface area contributed by atoms with Crippen LogP contribution in [0.15, 0.2) is 28.8 Å². The van der Waals surface area contributed by atoms with Crippen molar-refractivity contribution in [1.29, 1.82) is 0 Å². The van der Waals surface area contributed by atoms with Crippen molar-refractivity contribution in [3.63, 3.8) is 0 Å². The molecule has 1 N–H and O–H groups in total. The number of carbonyl (C=O) groups is 1. The first-order chi connectivity index (χ1) is 13.4. The number of aryl methyl sites for hydroxylation is 1. The third-order valence-corrected chi connectivity index (χ3v) is 5.23. The summed E-state index contributed by atoms with van der Waals surface area (Å²) >= 11 is 0. The molecule has 3 heterocycles. The Hall–Kier alpha value is -2.39. The number of alkyl halides is 2. The summed E-state index contributed by atoms with van der Waals surface area (Å²) in [6.45, 7) is 4.37. The number of hydrogen-bond acceptors (Lipinski definition) is 6. The van der Waals surface area contributed by atoms with Gasteiger partial charge in [-0.2, -0.15) is 4.98 Å². The maximum atomic E-state index is 13.3. The predicted molar refractivity (Wildman–Crippen MR) is 97.7 cm³/mol. The number of nitrogens with one attached hydrogen (secondary N) is 1. The Morgan fingerprint density at radius 3 is 2.61 bits per heavy atom. The van der Waals surface area contributed by atoms with E-state index in [1.54, 1.807) is 4.90 Å². The fourth-order valence-electron chi connectivity index (χ4n) is 3.57. The zero-order valence-electron chi connectivity index (χ0n) is 15.7. The molecule has 4 rings (SSSR count). The van der Waals surface area contributed by atoms with E-state index in [-0.39, 0.29) is 5.91 Å². The molecule has 0 aliphatic carbocycles. The molecule has 0 radical (unpaired) electrons. The molecule has 1 amide bonds. The van der Waals surface area contributed by atoms with Gasteiger partial charge in [0.1, 0.15) is 0 Å². The second kappa shape index (κ2) is 7.56. The molecule has 1 aromatic carbocycles. The van der Waals surface area contributed by atoms with Crippen molar-refractivity contribution in [3.05, 3.63) is 35.7 Å². The van der Waals surface area contributed by atoms with Crippen LogP contribution in [0.5, 0.6) is 0 Å². The summed E-state index contributed by atoms with van der Waals surface area (Å²) in [5, 5.41) is 6.66. The topological polar surface area (TPSA) is 74.5 Å². The van der Waals surface area contributed by atoms with Gasteiger partial charge in [-0.1, -0.05) is 35.0 Å². The fourth-order valence-corrected chi connectivity index (χ4v) is 3.57. The smallest absolute Gasteiger partial charge is 0.262 e. The van der Waals surface area contributed by atoms with Gasteiger partial charge in [-0.3, -0.25) is 15.0 Å². The van der Waals surface area contributed by atoms with E-state index in [1.165, 1.54) is 0 Å². The highest BCUT2D eigenvalue weighted by Gasteiger charge is 2.43. The van der Waals surface area contributed by atoms with E-state index in [2.05, 4.69) is 20.4 Å². The Morgan fingerprint density at radius 1 is 1.25 bits per heavy atom. The predicted octanol–water partition coefficient (Wildman–Crippen LogP) is 1.69. The molecule has 1 aromatic heterocycles. The van der Waals surface area contributed by atoms with Crippen molar-refractivity contribution in [2.45, 2.75) is 31.9 Å². The highest BCUT2D eigenvalue weighted by molar-refractivity contribution is 5.82. The minimum absolute atomic E-state index is 0.240. The van der Waals surface area contributed by atoms with Crippen molar-refractivity contribution < 1.29 is 18.1 Å². The Balaban J connectivity index is 1.29. The van der Waals surface area contributed by atoms with E-state index in [1.807, 2.05) is 31.2 Å². The molecule has 28 heavy (non-hydrogen) atoms. The van der Waals surface area contributed by atoms with Crippen molar-refractivity contribution in [3.8, 4) is 11.4 Å². The Kier molecular flexibility index (Phi) is 5.11. The van der Waals surface area contributed by atoms with E-state index in [0.29, 0.717) is 44.4 Å². The first kappa shape index (κ1) is 18.9. The summed E-state index contributed by atoms with van der Waals surface area (Å²) in [5.74, 6) is -1.96. The lowest BCUT2D eigenvalue weighted by Crippen LogP contribution is -2.52. The molecule has 0 bridgehead atoms. The molecular weight excluding hydrogens is 368 g/mol. The van der Waals surface area contributed by atoms with Gasteiger partial charge >= 0.3 is 0 Å². The van der Waals surface area contributed by atoms with E-state index >= 15 is 0 Å². The van der Waals surface area contributed by atoms with Gasteiger partial charge in [-0.15, -0.1) is 0 Å². The molecule has 0 spiro atoms. The largest absolute Gasteiger partial charge is 0.339 e. The van der Waals surface area contributed by atoms with Gasteiger partial charge in [0.2, 0.25) is 17.6 Å². The number of amides is 1. The van der Waals surface area contributed by atoms with Gasteiger partial charge in [0.15, 0.2) is 0 Å². The summed E-state index contributed by atoms with van der Waals surface area (Å²) in [6.07, 6.45) is -0.421. The number of piperazine rings is 1. The molecule has 1 atom stereocenters. The molecule has 9 heteroatoms. The maximum absolute atomic E-state index is 13.3. The van der Waals surface area contributed by atoms with Crippen LogP contribution in [0.1, 0.15) is 17.9 Å². The number of hydrogen-bond donors (Lipinski definition) is 1. The number of carbonyl (C=O) groups excluding carboxylic acids is 1. The fraction of sp³-hybridized carbons (Fsp3) is 0.526. The molecule has 2 fully saturated rings. The minimum atomic E-state index is -2.80. The summed E-state index contributed by atoms with van der Waals surface area (Å²) in [7, 11) is 0. The zero-order chi connectivity index (χ0) is 19.7. The van der Waals surface area contributed by atoms with E-state index < -0.39 is 24.9 Å². The highest BCUT2D eigenvalue weighted by atomic mass is 19.3. The van der Waals surface area contributed by atoms with Crippen LogP contribution in [0, 0.1) is 6.92 Å². The van der Waals surface area contributed by atoms with Crippen LogP contribution in [-0.4, -0.2) is 70.5 Å². The van der Waals surface area contributed by atoms with Crippen LogP contribution >= 0.6 is 0 Å². The number of benzene rings is 1. The SMILES string of the molecule is Cc1ccc(-c2noc(CN3CCN(C(=O)C4CC(F)(F)CN4)CC3)n2)cc1. The molecule has 0 saturated carbocycles. The third kappa shape index (κ3) is 4.20. The van der Waals surface area contributed by atoms with Crippen LogP contribution in [0.4, 0.5) is 8.78 Å². The second-order valence-corrected chi connectivity index (χ2v) is 7.47. The maximum Gasteiger partial charge on any atom is 0.262 e. The van der Waals surface area contributed by atoms with Gasteiger partial charge in [-0.05, 0) is 6.92 Å². The van der Waals surface area contributed by atoms with Crippen molar-refractivity contribution in [2.75, 3.05) is 32.7 Å². The summed E-state index contributed by atoms with van der Waals surface area (Å²) < 4.78 is 32.0. The monoisotopic (exact) mass is 391 g/mol. The average molecular weight is 391 g/mol. The molecule has 2 aliphatic heterocycles. The summed E-state index contributed by atoms with van der Waals surface area (Å²) in [4.78, 5) is 20.6.